The Kier molecular flexibility index (Phi) is 8.44. The molecule has 2 aromatic carbocycles. The van der Waals surface area contributed by atoms with E-state index in [0.717, 1.165) is 27.3 Å². The van der Waals surface area contributed by atoms with Gasteiger partial charge in [0.25, 0.3) is 0 Å². The molecule has 2 rings (SSSR count). The van der Waals surface area contributed by atoms with E-state index in [1.165, 1.54) is 4.90 Å². The third-order valence-electron chi connectivity index (χ3n) is 5.25. The van der Waals surface area contributed by atoms with Crippen LogP contribution in [0.1, 0.15) is 37.5 Å². The molecule has 0 aliphatic carbocycles. The van der Waals surface area contributed by atoms with Gasteiger partial charge in [-0.1, -0.05) is 36.4 Å². The highest BCUT2D eigenvalue weighted by Crippen LogP contribution is 2.22. The maximum absolute atomic E-state index is 13.4. The van der Waals surface area contributed by atoms with E-state index in [-0.39, 0.29) is 18.5 Å². The quantitative estimate of drug-likeness (QED) is 0.625. The summed E-state index contributed by atoms with van der Waals surface area (Å²) in [5, 5.41) is 2.83. The molecular formula is C24H33N3O4S. The van der Waals surface area contributed by atoms with Gasteiger partial charge < -0.3 is 10.2 Å². The Morgan fingerprint density at radius 3 is 2.12 bits per heavy atom. The summed E-state index contributed by atoms with van der Waals surface area (Å²) >= 11 is 0. The number of hydrogen-bond acceptors (Lipinski definition) is 4. The molecule has 0 saturated heterocycles. The van der Waals surface area contributed by atoms with Gasteiger partial charge in [0, 0.05) is 12.6 Å². The Labute approximate surface area is 191 Å². The van der Waals surface area contributed by atoms with Crippen LogP contribution in [0.15, 0.2) is 48.5 Å². The molecule has 0 bridgehead atoms. The molecule has 0 aliphatic rings. The molecule has 2 amide bonds. The Bertz CT molecular complexity index is 1050. The van der Waals surface area contributed by atoms with Gasteiger partial charge in [0.05, 0.1) is 11.9 Å². The van der Waals surface area contributed by atoms with Crippen LogP contribution < -0.4 is 9.62 Å². The fourth-order valence-electron chi connectivity index (χ4n) is 3.26. The minimum Gasteiger partial charge on any atom is -0.352 e. The molecular weight excluding hydrogens is 426 g/mol. The average molecular weight is 460 g/mol. The zero-order valence-corrected chi connectivity index (χ0v) is 20.4. The summed E-state index contributed by atoms with van der Waals surface area (Å²) in [5.74, 6) is -0.745. The predicted molar refractivity (Wildman–Crippen MR) is 128 cm³/mol. The van der Waals surface area contributed by atoms with Crippen LogP contribution >= 0.6 is 0 Å². The number of hydrogen-bond donors (Lipinski definition) is 1. The molecule has 0 heterocycles. The molecule has 0 unspecified atom stereocenters. The Morgan fingerprint density at radius 2 is 1.59 bits per heavy atom. The van der Waals surface area contributed by atoms with Gasteiger partial charge in [0.15, 0.2) is 0 Å². The second-order valence-corrected chi connectivity index (χ2v) is 10.3. The van der Waals surface area contributed by atoms with Crippen molar-refractivity contribution >= 4 is 27.5 Å². The van der Waals surface area contributed by atoms with Crippen molar-refractivity contribution in [3.63, 3.8) is 0 Å². The molecule has 0 aromatic heterocycles. The highest BCUT2D eigenvalue weighted by atomic mass is 32.2. The summed E-state index contributed by atoms with van der Waals surface area (Å²) in [6.07, 6.45) is 1.08. The van der Waals surface area contributed by atoms with Crippen LogP contribution in [0, 0.1) is 13.8 Å². The molecule has 0 radical (unpaired) electrons. The lowest BCUT2D eigenvalue weighted by Crippen LogP contribution is -2.52. The van der Waals surface area contributed by atoms with E-state index in [2.05, 4.69) is 5.32 Å². The van der Waals surface area contributed by atoms with Crippen molar-refractivity contribution in [1.29, 1.82) is 0 Å². The molecule has 1 N–H and O–H groups in total. The second-order valence-electron chi connectivity index (χ2n) is 8.38. The fourth-order valence-corrected chi connectivity index (χ4v) is 4.10. The second kappa shape index (κ2) is 10.6. The summed E-state index contributed by atoms with van der Waals surface area (Å²) in [6, 6.07) is 13.7. The molecule has 0 spiro atoms. The smallest absolute Gasteiger partial charge is 0.244 e. The maximum atomic E-state index is 13.4. The van der Waals surface area contributed by atoms with Crippen LogP contribution in [0.2, 0.25) is 0 Å². The standard InChI is InChI=1S/C24H33N3O4S/c1-17(2)25-24(29)20(5)26(15-21-10-8-7-9-11-21)23(28)16-27(32(6,30)31)22-13-12-18(3)19(4)14-22/h7-14,17,20H,15-16H2,1-6H3,(H,25,29)/t20-/m0/s1. The number of rotatable bonds is 9. The molecule has 0 fully saturated rings. The van der Waals surface area contributed by atoms with Gasteiger partial charge in [0.2, 0.25) is 21.8 Å². The van der Waals surface area contributed by atoms with Gasteiger partial charge in [-0.2, -0.15) is 0 Å². The van der Waals surface area contributed by atoms with Gasteiger partial charge in [0.1, 0.15) is 12.6 Å². The topological polar surface area (TPSA) is 86.8 Å². The molecule has 32 heavy (non-hydrogen) atoms. The molecule has 1 atom stereocenters. The predicted octanol–water partition coefficient (Wildman–Crippen LogP) is 3.01. The molecule has 8 heteroatoms. The van der Waals surface area contributed by atoms with Crippen molar-refractivity contribution in [2.75, 3.05) is 17.1 Å². The van der Waals surface area contributed by atoms with Gasteiger partial charge in [-0.15, -0.1) is 0 Å². The van der Waals surface area contributed by atoms with Gasteiger partial charge in [-0.3, -0.25) is 13.9 Å². The molecule has 2 aromatic rings. The van der Waals surface area contributed by atoms with Gasteiger partial charge in [-0.25, -0.2) is 8.42 Å². The SMILES string of the molecule is Cc1ccc(N(CC(=O)N(Cc2ccccc2)[C@@H](C)C(=O)NC(C)C)S(C)(=O)=O)cc1C. The van der Waals surface area contributed by atoms with Crippen LogP contribution in [-0.2, 0) is 26.2 Å². The van der Waals surface area contributed by atoms with Gasteiger partial charge >= 0.3 is 0 Å². The van der Waals surface area contributed by atoms with E-state index in [0.29, 0.717) is 5.69 Å². The minimum absolute atomic E-state index is 0.0818. The lowest BCUT2D eigenvalue weighted by atomic mass is 10.1. The normalized spacial score (nSPS) is 12.3. The third kappa shape index (κ3) is 6.82. The number of anilines is 1. The summed E-state index contributed by atoms with van der Waals surface area (Å²) in [6.45, 7) is 8.97. The first-order valence-electron chi connectivity index (χ1n) is 10.6. The van der Waals surface area contributed by atoms with Crippen molar-refractivity contribution < 1.29 is 18.0 Å². The zero-order valence-electron chi connectivity index (χ0n) is 19.6. The molecule has 7 nitrogen and oxygen atoms in total. The lowest BCUT2D eigenvalue weighted by Gasteiger charge is -2.32. The van der Waals surface area contributed by atoms with E-state index >= 15 is 0 Å². The highest BCUT2D eigenvalue weighted by molar-refractivity contribution is 7.92. The van der Waals surface area contributed by atoms with Crippen molar-refractivity contribution in [3.8, 4) is 0 Å². The van der Waals surface area contributed by atoms with Crippen molar-refractivity contribution in [2.24, 2.45) is 0 Å². The van der Waals surface area contributed by atoms with Gasteiger partial charge in [-0.05, 0) is 63.4 Å². The number of amides is 2. The summed E-state index contributed by atoms with van der Waals surface area (Å²) in [7, 11) is -3.73. The number of benzene rings is 2. The first-order valence-corrected chi connectivity index (χ1v) is 12.4. The number of carbonyl (C=O) groups excluding carboxylic acids is 2. The fraction of sp³-hybridized carbons (Fsp3) is 0.417. The first kappa shape index (κ1) is 25.4. The van der Waals surface area contributed by atoms with Crippen LogP contribution in [0.5, 0.6) is 0 Å². The molecule has 0 aliphatic heterocycles. The van der Waals surface area contributed by atoms with Crippen molar-refractivity contribution in [2.45, 2.75) is 53.2 Å². The largest absolute Gasteiger partial charge is 0.352 e. The maximum Gasteiger partial charge on any atom is 0.244 e. The summed E-state index contributed by atoms with van der Waals surface area (Å²) in [5.41, 5.74) is 3.22. The van der Waals surface area contributed by atoms with Crippen LogP contribution in [0.4, 0.5) is 5.69 Å². The van der Waals surface area contributed by atoms with Crippen molar-refractivity contribution in [1.82, 2.24) is 10.2 Å². The van der Waals surface area contributed by atoms with E-state index in [9.17, 15) is 18.0 Å². The first-order chi connectivity index (χ1) is 14.9. The zero-order chi connectivity index (χ0) is 24.1. The number of nitrogens with one attached hydrogen (secondary N) is 1. The van der Waals surface area contributed by atoms with E-state index in [1.54, 1.807) is 19.1 Å². The number of carbonyl (C=O) groups is 2. The molecule has 174 valence electrons. The number of aryl methyl sites for hydroxylation is 2. The Morgan fingerprint density at radius 1 is 0.969 bits per heavy atom. The third-order valence-corrected chi connectivity index (χ3v) is 6.39. The number of sulfonamides is 1. The highest BCUT2D eigenvalue weighted by Gasteiger charge is 2.30. The van der Waals surface area contributed by atoms with Crippen molar-refractivity contribution in [3.05, 3.63) is 65.2 Å². The number of nitrogens with zero attached hydrogens (tertiary/aromatic N) is 2. The summed E-state index contributed by atoms with van der Waals surface area (Å²) < 4.78 is 26.2. The molecule has 0 saturated carbocycles. The van der Waals surface area contributed by atoms with E-state index < -0.39 is 28.5 Å². The van der Waals surface area contributed by atoms with Crippen LogP contribution in [0.25, 0.3) is 0 Å². The Balaban J connectivity index is 2.38. The van der Waals surface area contributed by atoms with Crippen LogP contribution in [-0.4, -0.2) is 50.0 Å². The average Bonchev–Trinajstić information content (AvgIpc) is 2.71. The monoisotopic (exact) mass is 459 g/mol. The van der Waals surface area contributed by atoms with Crippen LogP contribution in [0.3, 0.4) is 0 Å². The Hall–Kier alpha value is -2.87. The lowest BCUT2D eigenvalue weighted by molar-refractivity contribution is -0.139. The summed E-state index contributed by atoms with van der Waals surface area (Å²) in [4.78, 5) is 27.5. The van der Waals surface area contributed by atoms with E-state index in [4.69, 9.17) is 0 Å². The minimum atomic E-state index is -3.73. The van der Waals surface area contributed by atoms with E-state index in [1.807, 2.05) is 64.1 Å².